The number of rotatable bonds is 4. The lowest BCUT2D eigenvalue weighted by molar-refractivity contribution is -0.118. The lowest BCUT2D eigenvalue weighted by Gasteiger charge is -2.61. The van der Waals surface area contributed by atoms with Crippen LogP contribution in [0.25, 0.3) is 0 Å². The van der Waals surface area contributed by atoms with Crippen LogP contribution in [0.5, 0.6) is 0 Å². The molecule has 2 unspecified atom stereocenters. The van der Waals surface area contributed by atoms with Gasteiger partial charge in [0.15, 0.2) is 0 Å². The molecule has 2 aromatic rings. The Morgan fingerprint density at radius 2 is 2.04 bits per heavy atom. The zero-order valence-electron chi connectivity index (χ0n) is 14.9. The lowest BCUT2D eigenvalue weighted by atomic mass is 9.83. The number of hydrogen-bond donors (Lipinski definition) is 1. The molecule has 5 rings (SSSR count). The van der Waals surface area contributed by atoms with Crippen LogP contribution in [0.3, 0.4) is 0 Å². The molecule has 6 nitrogen and oxygen atoms in total. The van der Waals surface area contributed by atoms with Crippen LogP contribution >= 0.6 is 11.3 Å². The Morgan fingerprint density at radius 1 is 1.15 bits per heavy atom. The molecule has 2 aromatic heterocycles. The van der Waals surface area contributed by atoms with E-state index in [0.29, 0.717) is 6.04 Å². The zero-order chi connectivity index (χ0) is 17.6. The minimum atomic E-state index is -0.178. The molecule has 0 saturated carbocycles. The van der Waals surface area contributed by atoms with E-state index < -0.39 is 0 Å². The molecule has 1 N–H and O–H groups in total. The minimum Gasteiger partial charge on any atom is -0.392 e. The first-order valence-corrected chi connectivity index (χ1v) is 10.2. The van der Waals surface area contributed by atoms with Crippen molar-refractivity contribution >= 4 is 11.3 Å². The van der Waals surface area contributed by atoms with Gasteiger partial charge in [-0.1, -0.05) is 6.07 Å². The standard InChI is InChI=1S/C19H25N5OS/c25-17-6-16-9-22(8-15-2-1-3-20-7-15)12-19(24(16)10-17)13-23(14-19)11-18-21-4-5-26-18/h1-5,7,16-17,25H,6,8-14H2. The van der Waals surface area contributed by atoms with Crippen LogP contribution < -0.4 is 0 Å². The monoisotopic (exact) mass is 371 g/mol. The molecule has 7 heteroatoms. The first kappa shape index (κ1) is 16.8. The van der Waals surface area contributed by atoms with Crippen LogP contribution in [-0.2, 0) is 13.1 Å². The Labute approximate surface area is 158 Å². The van der Waals surface area contributed by atoms with E-state index in [2.05, 4.69) is 30.7 Å². The van der Waals surface area contributed by atoms with Crippen LogP contribution in [-0.4, -0.2) is 80.2 Å². The zero-order valence-corrected chi connectivity index (χ0v) is 15.7. The predicted molar refractivity (Wildman–Crippen MR) is 101 cm³/mol. The van der Waals surface area contributed by atoms with Crippen LogP contribution in [0.15, 0.2) is 36.1 Å². The number of nitrogens with zero attached hydrogens (tertiary/aromatic N) is 5. The van der Waals surface area contributed by atoms with Crippen molar-refractivity contribution in [2.75, 3.05) is 32.7 Å². The van der Waals surface area contributed by atoms with Gasteiger partial charge in [-0.3, -0.25) is 19.7 Å². The topological polar surface area (TPSA) is 55.7 Å². The van der Waals surface area contributed by atoms with Crippen LogP contribution in [0.4, 0.5) is 0 Å². The summed E-state index contributed by atoms with van der Waals surface area (Å²) in [5, 5.41) is 13.5. The van der Waals surface area contributed by atoms with E-state index >= 15 is 0 Å². The van der Waals surface area contributed by atoms with Crippen molar-refractivity contribution in [2.24, 2.45) is 0 Å². The second-order valence-electron chi connectivity index (χ2n) is 8.02. The van der Waals surface area contributed by atoms with Crippen LogP contribution in [0.2, 0.25) is 0 Å². The Balaban J connectivity index is 1.30. The van der Waals surface area contributed by atoms with Crippen LogP contribution in [0.1, 0.15) is 17.0 Å². The van der Waals surface area contributed by atoms with E-state index in [0.717, 1.165) is 52.2 Å². The summed E-state index contributed by atoms with van der Waals surface area (Å²) < 4.78 is 0. The Hall–Kier alpha value is -1.38. The molecule has 2 atom stereocenters. The normalized spacial score (nSPS) is 29.0. The van der Waals surface area contributed by atoms with Crippen molar-refractivity contribution in [3.05, 3.63) is 46.7 Å². The highest BCUT2D eigenvalue weighted by atomic mass is 32.1. The average molecular weight is 372 g/mol. The molecule has 5 heterocycles. The molecule has 138 valence electrons. The van der Waals surface area contributed by atoms with E-state index in [4.69, 9.17) is 0 Å². The Bertz CT molecular complexity index is 734. The Morgan fingerprint density at radius 3 is 2.81 bits per heavy atom. The third kappa shape index (κ3) is 3.08. The second-order valence-corrected chi connectivity index (χ2v) is 9.00. The third-order valence-electron chi connectivity index (χ3n) is 6.00. The number of fused-ring (bicyclic) bond motifs is 2. The summed E-state index contributed by atoms with van der Waals surface area (Å²) in [6, 6.07) is 4.64. The van der Waals surface area contributed by atoms with Crippen molar-refractivity contribution in [1.82, 2.24) is 24.7 Å². The molecule has 3 saturated heterocycles. The third-order valence-corrected chi connectivity index (χ3v) is 6.76. The van der Waals surface area contributed by atoms with Gasteiger partial charge in [-0.15, -0.1) is 11.3 Å². The van der Waals surface area contributed by atoms with E-state index in [9.17, 15) is 5.11 Å². The largest absolute Gasteiger partial charge is 0.392 e. The minimum absolute atomic E-state index is 0.178. The van der Waals surface area contributed by atoms with Gasteiger partial charge in [0.1, 0.15) is 5.01 Å². The van der Waals surface area contributed by atoms with Gasteiger partial charge in [0.2, 0.25) is 0 Å². The summed E-state index contributed by atoms with van der Waals surface area (Å²) in [7, 11) is 0. The predicted octanol–water partition coefficient (Wildman–Crippen LogP) is 1.04. The van der Waals surface area contributed by atoms with Crippen molar-refractivity contribution < 1.29 is 5.11 Å². The number of aliphatic hydroxyl groups is 1. The van der Waals surface area contributed by atoms with Gasteiger partial charge in [-0.2, -0.15) is 0 Å². The van der Waals surface area contributed by atoms with E-state index in [-0.39, 0.29) is 11.6 Å². The highest BCUT2D eigenvalue weighted by molar-refractivity contribution is 7.09. The van der Waals surface area contributed by atoms with Gasteiger partial charge < -0.3 is 5.11 Å². The fourth-order valence-electron chi connectivity index (χ4n) is 5.09. The van der Waals surface area contributed by atoms with Gasteiger partial charge in [0.05, 0.1) is 18.2 Å². The molecule has 1 spiro atoms. The number of β-amino-alcohol motifs (C(OH)–C–C–N with tert-alkyl or cyclic N) is 1. The van der Waals surface area contributed by atoms with Gasteiger partial charge in [-0.25, -0.2) is 4.98 Å². The van der Waals surface area contributed by atoms with Crippen molar-refractivity contribution in [3.63, 3.8) is 0 Å². The molecule has 0 bridgehead atoms. The quantitative estimate of drug-likeness (QED) is 0.867. The summed E-state index contributed by atoms with van der Waals surface area (Å²) in [6.07, 6.45) is 6.41. The molecule has 0 aromatic carbocycles. The van der Waals surface area contributed by atoms with Crippen molar-refractivity contribution in [2.45, 2.75) is 37.2 Å². The summed E-state index contributed by atoms with van der Waals surface area (Å²) in [5.41, 5.74) is 1.45. The molecule has 0 amide bonds. The SMILES string of the molecule is OC1CC2CN(Cc3cccnc3)CC3(CN(Cc4nccs4)C3)N2C1. The Kier molecular flexibility index (Phi) is 4.29. The number of piperazine rings is 1. The molecule has 3 fully saturated rings. The lowest BCUT2D eigenvalue weighted by Crippen LogP contribution is -2.77. The van der Waals surface area contributed by atoms with Crippen molar-refractivity contribution in [3.8, 4) is 0 Å². The van der Waals surface area contributed by atoms with Crippen LogP contribution in [0, 0.1) is 0 Å². The molecular weight excluding hydrogens is 346 g/mol. The molecule has 26 heavy (non-hydrogen) atoms. The average Bonchev–Trinajstić information content (AvgIpc) is 3.23. The van der Waals surface area contributed by atoms with Gasteiger partial charge in [-0.05, 0) is 18.1 Å². The van der Waals surface area contributed by atoms with E-state index in [1.54, 1.807) is 11.3 Å². The maximum Gasteiger partial charge on any atom is 0.107 e. The number of hydrogen-bond acceptors (Lipinski definition) is 7. The number of thiazole rings is 1. The fourth-order valence-corrected chi connectivity index (χ4v) is 5.75. The molecular formula is C19H25N5OS. The molecule has 0 radical (unpaired) electrons. The summed E-state index contributed by atoms with van der Waals surface area (Å²) in [4.78, 5) is 16.4. The highest BCUT2D eigenvalue weighted by Gasteiger charge is 2.55. The highest BCUT2D eigenvalue weighted by Crippen LogP contribution is 2.39. The maximum absolute atomic E-state index is 10.3. The fraction of sp³-hybridized carbons (Fsp3) is 0.579. The summed E-state index contributed by atoms with van der Waals surface area (Å²) >= 11 is 1.73. The first-order valence-electron chi connectivity index (χ1n) is 9.37. The number of likely N-dealkylation sites (tertiary alicyclic amines) is 1. The van der Waals surface area contributed by atoms with Gasteiger partial charge in [0, 0.05) is 69.3 Å². The number of aromatic nitrogens is 2. The second kappa shape index (κ2) is 6.65. The van der Waals surface area contributed by atoms with E-state index in [1.165, 1.54) is 10.6 Å². The first-order chi connectivity index (χ1) is 12.7. The molecule has 0 aliphatic carbocycles. The molecule has 3 aliphatic rings. The summed E-state index contributed by atoms with van der Waals surface area (Å²) in [5.74, 6) is 0. The van der Waals surface area contributed by atoms with E-state index in [1.807, 2.05) is 30.0 Å². The van der Waals surface area contributed by atoms with Gasteiger partial charge in [0.25, 0.3) is 0 Å². The molecule has 3 aliphatic heterocycles. The number of pyridine rings is 1. The number of aliphatic hydroxyl groups excluding tert-OH is 1. The smallest absolute Gasteiger partial charge is 0.107 e. The maximum atomic E-state index is 10.3. The van der Waals surface area contributed by atoms with Gasteiger partial charge >= 0.3 is 0 Å². The summed E-state index contributed by atoms with van der Waals surface area (Å²) in [6.45, 7) is 6.97. The van der Waals surface area contributed by atoms with Crippen molar-refractivity contribution in [1.29, 1.82) is 0 Å².